The Labute approximate surface area is 117 Å². The molecule has 1 aromatic carbocycles. The average Bonchev–Trinajstić information content (AvgIpc) is 2.50. The maximum Gasteiger partial charge on any atom is 1.00 e. The number of nitrogens with zero attached hydrogens (tertiary/aromatic N) is 1. The van der Waals surface area contributed by atoms with Crippen molar-refractivity contribution in [2.75, 3.05) is 7.11 Å². The Morgan fingerprint density at radius 1 is 1.50 bits per heavy atom. The molecule has 1 heterocycles. The molecule has 2 nitrogen and oxygen atoms in total. The molecular formula is C8H6KNOS. The summed E-state index contributed by atoms with van der Waals surface area (Å²) in [6.07, 6.45) is 0. The van der Waals surface area contributed by atoms with Crippen molar-refractivity contribution in [3.05, 3.63) is 23.7 Å². The fraction of sp³-hybridized carbons (Fsp3) is 0.125. The predicted molar refractivity (Wildman–Crippen MR) is 45.0 cm³/mol. The van der Waals surface area contributed by atoms with Crippen molar-refractivity contribution in [1.82, 2.24) is 4.98 Å². The van der Waals surface area contributed by atoms with Gasteiger partial charge in [0.05, 0.1) is 7.11 Å². The van der Waals surface area contributed by atoms with E-state index in [9.17, 15) is 0 Å². The van der Waals surface area contributed by atoms with Gasteiger partial charge in [0.2, 0.25) is 0 Å². The first-order valence-electron chi connectivity index (χ1n) is 3.21. The molecule has 2 aromatic rings. The Bertz CT molecular complexity index is 374. The van der Waals surface area contributed by atoms with Crippen molar-refractivity contribution in [3.8, 4) is 5.75 Å². The monoisotopic (exact) mass is 203 g/mol. The molecule has 0 unspecified atom stereocenters. The van der Waals surface area contributed by atoms with E-state index in [0.29, 0.717) is 0 Å². The van der Waals surface area contributed by atoms with E-state index in [2.05, 4.69) is 10.5 Å². The van der Waals surface area contributed by atoms with Gasteiger partial charge in [0, 0.05) is 0 Å². The minimum absolute atomic E-state index is 0. The number of hydrogen-bond donors (Lipinski definition) is 0. The van der Waals surface area contributed by atoms with Crippen LogP contribution in [0.25, 0.3) is 10.2 Å². The first kappa shape index (κ1) is 10.6. The second-order valence-electron chi connectivity index (χ2n) is 2.14. The van der Waals surface area contributed by atoms with Crippen LogP contribution in [0.5, 0.6) is 5.75 Å². The van der Waals surface area contributed by atoms with Crippen LogP contribution in [0.2, 0.25) is 0 Å². The molecule has 0 bridgehead atoms. The van der Waals surface area contributed by atoms with E-state index in [1.54, 1.807) is 7.11 Å². The van der Waals surface area contributed by atoms with Crippen LogP contribution < -0.4 is 56.1 Å². The van der Waals surface area contributed by atoms with Crippen molar-refractivity contribution in [2.24, 2.45) is 0 Å². The van der Waals surface area contributed by atoms with Crippen LogP contribution in [0.4, 0.5) is 0 Å². The van der Waals surface area contributed by atoms with Crippen LogP contribution in [-0.2, 0) is 0 Å². The summed E-state index contributed by atoms with van der Waals surface area (Å²) in [7, 11) is 1.66. The Morgan fingerprint density at radius 3 is 3.08 bits per heavy atom. The van der Waals surface area contributed by atoms with Crippen LogP contribution in [0.1, 0.15) is 0 Å². The standard InChI is InChI=1S/C8H6NOS.K/c1-10-6-2-3-7-8(4-6)11-5-9-7;/h2-4H,1H3;/q-1;+1. The Morgan fingerprint density at radius 2 is 2.33 bits per heavy atom. The molecule has 0 aliphatic heterocycles. The number of fused-ring (bicyclic) bond motifs is 1. The van der Waals surface area contributed by atoms with E-state index < -0.39 is 0 Å². The molecular weight excluding hydrogens is 197 g/mol. The first-order valence-corrected chi connectivity index (χ1v) is 4.02. The zero-order valence-corrected chi connectivity index (χ0v) is 10.9. The quantitative estimate of drug-likeness (QED) is 0.443. The van der Waals surface area contributed by atoms with Gasteiger partial charge in [-0.2, -0.15) is 0 Å². The van der Waals surface area contributed by atoms with Crippen molar-refractivity contribution in [2.45, 2.75) is 0 Å². The minimum atomic E-state index is 0. The minimum Gasteiger partial charge on any atom is -0.498 e. The van der Waals surface area contributed by atoms with E-state index in [1.165, 1.54) is 11.3 Å². The normalized spacial score (nSPS) is 9.42. The molecule has 0 atom stereocenters. The summed E-state index contributed by atoms with van der Waals surface area (Å²) < 4.78 is 6.17. The van der Waals surface area contributed by atoms with Crippen molar-refractivity contribution < 1.29 is 56.1 Å². The van der Waals surface area contributed by atoms with Gasteiger partial charge in [-0.3, -0.25) is 11.3 Å². The molecule has 0 spiro atoms. The zero-order valence-electron chi connectivity index (χ0n) is 7.00. The summed E-state index contributed by atoms with van der Waals surface area (Å²) in [6, 6.07) is 5.79. The summed E-state index contributed by atoms with van der Waals surface area (Å²) >= 11 is 1.50. The van der Waals surface area contributed by atoms with Gasteiger partial charge in [0.25, 0.3) is 0 Å². The smallest absolute Gasteiger partial charge is 0.498 e. The third-order valence-electron chi connectivity index (χ3n) is 1.49. The molecule has 1 aromatic heterocycles. The SMILES string of the molecule is COc1ccc2n[c-]sc2c1.[K+]. The summed E-state index contributed by atoms with van der Waals surface area (Å²) in [6.45, 7) is 0. The summed E-state index contributed by atoms with van der Waals surface area (Å²) in [4.78, 5) is 4.03. The molecule has 0 saturated carbocycles. The number of benzene rings is 1. The van der Waals surface area contributed by atoms with Crippen molar-refractivity contribution >= 4 is 21.6 Å². The van der Waals surface area contributed by atoms with Crippen molar-refractivity contribution in [1.29, 1.82) is 0 Å². The fourth-order valence-electron chi connectivity index (χ4n) is 0.917. The molecule has 56 valence electrons. The van der Waals surface area contributed by atoms with Gasteiger partial charge in [-0.25, -0.2) is 0 Å². The maximum absolute atomic E-state index is 5.06. The Kier molecular flexibility index (Phi) is 4.15. The molecule has 0 amide bonds. The van der Waals surface area contributed by atoms with E-state index in [1.807, 2.05) is 18.2 Å². The fourth-order valence-corrected chi connectivity index (χ4v) is 1.55. The van der Waals surface area contributed by atoms with Crippen LogP contribution in [0, 0.1) is 5.51 Å². The van der Waals surface area contributed by atoms with Crippen LogP contribution >= 0.6 is 11.3 Å². The summed E-state index contributed by atoms with van der Waals surface area (Å²) in [5.41, 5.74) is 3.81. The number of methoxy groups -OCH3 is 1. The Balaban J connectivity index is 0.000000720. The van der Waals surface area contributed by atoms with Crippen LogP contribution in [0.15, 0.2) is 18.2 Å². The third-order valence-corrected chi connectivity index (χ3v) is 2.22. The second kappa shape index (κ2) is 4.69. The van der Waals surface area contributed by atoms with Gasteiger partial charge in [0.1, 0.15) is 5.75 Å². The van der Waals surface area contributed by atoms with Gasteiger partial charge in [-0.15, -0.1) is 0 Å². The van der Waals surface area contributed by atoms with Gasteiger partial charge < -0.3 is 9.72 Å². The van der Waals surface area contributed by atoms with E-state index >= 15 is 0 Å². The second-order valence-corrected chi connectivity index (χ2v) is 2.97. The predicted octanol–water partition coefficient (Wildman–Crippen LogP) is -0.891. The van der Waals surface area contributed by atoms with E-state index in [0.717, 1.165) is 16.0 Å². The van der Waals surface area contributed by atoms with Gasteiger partial charge >= 0.3 is 51.4 Å². The molecule has 0 radical (unpaired) electrons. The van der Waals surface area contributed by atoms with E-state index in [4.69, 9.17) is 4.74 Å². The average molecular weight is 203 g/mol. The number of hydrogen-bond acceptors (Lipinski definition) is 3. The molecule has 0 aliphatic carbocycles. The first-order chi connectivity index (χ1) is 5.40. The molecule has 12 heavy (non-hydrogen) atoms. The maximum atomic E-state index is 5.06. The third kappa shape index (κ3) is 2.07. The number of thiazole rings is 1. The van der Waals surface area contributed by atoms with Crippen molar-refractivity contribution in [3.63, 3.8) is 0 Å². The number of aromatic nitrogens is 1. The largest absolute Gasteiger partial charge is 1.00 e. The molecule has 0 N–H and O–H groups in total. The number of rotatable bonds is 1. The van der Waals surface area contributed by atoms with E-state index in [-0.39, 0.29) is 51.4 Å². The van der Waals surface area contributed by atoms with Gasteiger partial charge in [-0.1, -0.05) is 22.3 Å². The van der Waals surface area contributed by atoms with Gasteiger partial charge in [0.15, 0.2) is 0 Å². The molecule has 0 aliphatic rings. The van der Waals surface area contributed by atoms with Crippen LogP contribution in [0.3, 0.4) is 0 Å². The summed E-state index contributed by atoms with van der Waals surface area (Å²) in [5, 5.41) is 0. The molecule has 4 heteroatoms. The topological polar surface area (TPSA) is 22.1 Å². The van der Waals surface area contributed by atoms with Gasteiger partial charge in [-0.05, 0) is 11.6 Å². The zero-order chi connectivity index (χ0) is 7.68. The molecule has 0 saturated heterocycles. The van der Waals surface area contributed by atoms with Crippen LogP contribution in [-0.4, -0.2) is 12.1 Å². The number of ether oxygens (including phenoxy) is 1. The molecule has 2 rings (SSSR count). The summed E-state index contributed by atoms with van der Waals surface area (Å²) in [5.74, 6) is 0.871. The molecule has 0 fully saturated rings. The Hall–Kier alpha value is 0.546.